The molecule has 0 unspecified atom stereocenters. The maximum Gasteiger partial charge on any atom is 0.329 e. The molecule has 0 saturated heterocycles. The first-order chi connectivity index (χ1) is 10.6. The Morgan fingerprint density at radius 2 is 1.68 bits per heavy atom. The van der Waals surface area contributed by atoms with Crippen molar-refractivity contribution in [2.75, 3.05) is 0 Å². The minimum atomic E-state index is -0.418. The summed E-state index contributed by atoms with van der Waals surface area (Å²) in [6.45, 7) is 4.88. The largest absolute Gasteiger partial charge is 0.329 e. The Morgan fingerprint density at radius 1 is 1.05 bits per heavy atom. The molecule has 0 aliphatic carbocycles. The SMILES string of the molecule is CCCCCCCCCn1c(C)nc2c1c(=O)[nH]c(=O)n2C. The summed E-state index contributed by atoms with van der Waals surface area (Å²) in [7, 11) is 1.63. The summed E-state index contributed by atoms with van der Waals surface area (Å²) in [4.78, 5) is 30.4. The number of nitrogens with zero attached hydrogens (tertiary/aromatic N) is 3. The molecule has 0 radical (unpaired) electrons. The van der Waals surface area contributed by atoms with Crippen molar-refractivity contribution in [2.24, 2.45) is 7.05 Å². The molecule has 0 fully saturated rings. The van der Waals surface area contributed by atoms with Crippen molar-refractivity contribution >= 4 is 11.2 Å². The molecule has 0 spiro atoms. The first-order valence-electron chi connectivity index (χ1n) is 8.22. The molecule has 1 N–H and O–H groups in total. The van der Waals surface area contributed by atoms with Crippen LogP contribution in [-0.4, -0.2) is 19.1 Å². The number of aryl methyl sites for hydroxylation is 3. The summed E-state index contributed by atoms with van der Waals surface area (Å²) in [5.74, 6) is 0.785. The second-order valence-corrected chi connectivity index (χ2v) is 5.92. The first kappa shape index (κ1) is 16.5. The number of unbranched alkanes of at least 4 members (excludes halogenated alkanes) is 6. The predicted molar refractivity (Wildman–Crippen MR) is 88.3 cm³/mol. The highest BCUT2D eigenvalue weighted by atomic mass is 16.2. The number of hydrogen-bond donors (Lipinski definition) is 1. The zero-order chi connectivity index (χ0) is 16.1. The van der Waals surface area contributed by atoms with Crippen LogP contribution in [0.4, 0.5) is 0 Å². The number of fused-ring (bicyclic) bond motifs is 1. The summed E-state index contributed by atoms with van der Waals surface area (Å²) in [5, 5.41) is 0. The Bertz CT molecular complexity index is 739. The summed E-state index contributed by atoms with van der Waals surface area (Å²) in [5.41, 5.74) is 0.208. The molecule has 2 rings (SSSR count). The van der Waals surface area contributed by atoms with Gasteiger partial charge in [-0.3, -0.25) is 14.3 Å². The third-order valence-electron chi connectivity index (χ3n) is 4.18. The minimum Gasteiger partial charge on any atom is -0.322 e. The molecule has 122 valence electrons. The van der Waals surface area contributed by atoms with E-state index in [-0.39, 0.29) is 5.56 Å². The Hall–Kier alpha value is -1.85. The second-order valence-electron chi connectivity index (χ2n) is 5.92. The van der Waals surface area contributed by atoms with Gasteiger partial charge in [-0.1, -0.05) is 45.4 Å². The summed E-state index contributed by atoms with van der Waals surface area (Å²) in [6.07, 6.45) is 8.60. The van der Waals surface area contributed by atoms with Gasteiger partial charge in [-0.25, -0.2) is 9.78 Å². The van der Waals surface area contributed by atoms with Crippen LogP contribution in [0.3, 0.4) is 0 Å². The molecule has 22 heavy (non-hydrogen) atoms. The molecular weight excluding hydrogens is 280 g/mol. The van der Waals surface area contributed by atoms with Gasteiger partial charge in [0, 0.05) is 13.6 Å². The predicted octanol–water partition coefficient (Wildman–Crippen LogP) is 2.48. The van der Waals surface area contributed by atoms with Crippen LogP contribution in [-0.2, 0) is 13.6 Å². The third kappa shape index (κ3) is 3.48. The van der Waals surface area contributed by atoms with Crippen molar-refractivity contribution in [3.05, 3.63) is 26.7 Å². The molecule has 6 nitrogen and oxygen atoms in total. The van der Waals surface area contributed by atoms with Gasteiger partial charge in [0.2, 0.25) is 0 Å². The molecule has 0 saturated carbocycles. The average Bonchev–Trinajstić information content (AvgIpc) is 2.81. The fraction of sp³-hybridized carbons (Fsp3) is 0.688. The molecule has 0 atom stereocenters. The number of hydrogen-bond acceptors (Lipinski definition) is 3. The number of aromatic nitrogens is 4. The van der Waals surface area contributed by atoms with E-state index in [0.29, 0.717) is 11.2 Å². The Kier molecular flexibility index (Phi) is 5.57. The van der Waals surface area contributed by atoms with Crippen LogP contribution in [0.5, 0.6) is 0 Å². The van der Waals surface area contributed by atoms with E-state index in [1.807, 2.05) is 11.5 Å². The highest BCUT2D eigenvalue weighted by Crippen LogP contribution is 2.13. The highest BCUT2D eigenvalue weighted by molar-refractivity contribution is 5.70. The van der Waals surface area contributed by atoms with Gasteiger partial charge in [0.05, 0.1) is 0 Å². The maximum absolute atomic E-state index is 12.1. The third-order valence-corrected chi connectivity index (χ3v) is 4.18. The Labute approximate surface area is 130 Å². The second kappa shape index (κ2) is 7.42. The minimum absolute atomic E-state index is 0.346. The van der Waals surface area contributed by atoms with Gasteiger partial charge in [0.25, 0.3) is 5.56 Å². The number of nitrogens with one attached hydrogen (secondary N) is 1. The van der Waals surface area contributed by atoms with E-state index in [2.05, 4.69) is 16.9 Å². The number of imidazole rings is 1. The molecule has 0 amide bonds. The van der Waals surface area contributed by atoms with E-state index < -0.39 is 5.69 Å². The van der Waals surface area contributed by atoms with Crippen molar-refractivity contribution in [3.8, 4) is 0 Å². The zero-order valence-corrected chi connectivity index (χ0v) is 13.8. The van der Waals surface area contributed by atoms with Gasteiger partial charge in [-0.15, -0.1) is 0 Å². The van der Waals surface area contributed by atoms with E-state index in [1.165, 1.54) is 36.7 Å². The topological polar surface area (TPSA) is 72.7 Å². The van der Waals surface area contributed by atoms with Gasteiger partial charge < -0.3 is 4.57 Å². The molecule has 0 aliphatic heterocycles. The van der Waals surface area contributed by atoms with Crippen molar-refractivity contribution in [1.82, 2.24) is 19.1 Å². The number of H-pyrrole nitrogens is 1. The van der Waals surface area contributed by atoms with Crippen LogP contribution in [0.15, 0.2) is 9.59 Å². The van der Waals surface area contributed by atoms with Crippen molar-refractivity contribution in [1.29, 1.82) is 0 Å². The fourth-order valence-electron chi connectivity index (χ4n) is 2.84. The maximum atomic E-state index is 12.1. The zero-order valence-electron chi connectivity index (χ0n) is 13.8. The highest BCUT2D eigenvalue weighted by Gasteiger charge is 2.14. The summed E-state index contributed by atoms with van der Waals surface area (Å²) >= 11 is 0. The van der Waals surface area contributed by atoms with Gasteiger partial charge in [0.1, 0.15) is 5.82 Å². The normalized spacial score (nSPS) is 11.4. The molecule has 0 aliphatic rings. The molecule has 2 aromatic rings. The number of aromatic amines is 1. The lowest BCUT2D eigenvalue weighted by Gasteiger charge is -2.06. The summed E-state index contributed by atoms with van der Waals surface area (Å²) < 4.78 is 3.32. The van der Waals surface area contributed by atoms with Crippen LogP contribution in [0.2, 0.25) is 0 Å². The lowest BCUT2D eigenvalue weighted by molar-refractivity contribution is 0.549. The lowest BCUT2D eigenvalue weighted by Crippen LogP contribution is -2.29. The quantitative estimate of drug-likeness (QED) is 0.761. The van der Waals surface area contributed by atoms with Gasteiger partial charge >= 0.3 is 5.69 Å². The monoisotopic (exact) mass is 306 g/mol. The fourth-order valence-corrected chi connectivity index (χ4v) is 2.84. The lowest BCUT2D eigenvalue weighted by atomic mass is 10.1. The van der Waals surface area contributed by atoms with Gasteiger partial charge in [-0.05, 0) is 13.3 Å². The molecule has 0 bridgehead atoms. The smallest absolute Gasteiger partial charge is 0.322 e. The van der Waals surface area contributed by atoms with Crippen LogP contribution < -0.4 is 11.2 Å². The molecule has 6 heteroatoms. The van der Waals surface area contributed by atoms with Crippen molar-refractivity contribution < 1.29 is 0 Å². The van der Waals surface area contributed by atoms with E-state index >= 15 is 0 Å². The van der Waals surface area contributed by atoms with Crippen LogP contribution >= 0.6 is 0 Å². The molecule has 2 heterocycles. The Balaban J connectivity index is 2.06. The Morgan fingerprint density at radius 3 is 2.36 bits per heavy atom. The first-order valence-corrected chi connectivity index (χ1v) is 8.22. The van der Waals surface area contributed by atoms with E-state index in [0.717, 1.165) is 25.2 Å². The van der Waals surface area contributed by atoms with Crippen molar-refractivity contribution in [2.45, 2.75) is 65.3 Å². The van der Waals surface area contributed by atoms with Crippen molar-refractivity contribution in [3.63, 3.8) is 0 Å². The number of rotatable bonds is 8. The van der Waals surface area contributed by atoms with Crippen LogP contribution in [0, 0.1) is 6.92 Å². The summed E-state index contributed by atoms with van der Waals surface area (Å²) in [6, 6.07) is 0. The van der Waals surface area contributed by atoms with E-state index in [9.17, 15) is 9.59 Å². The standard InChI is InChI=1S/C16H26N4O2/c1-4-5-6-7-8-9-10-11-20-12(2)17-14-13(20)15(21)18-16(22)19(14)3/h4-11H2,1-3H3,(H,18,21,22). The molecule has 0 aromatic carbocycles. The van der Waals surface area contributed by atoms with Crippen LogP contribution in [0.25, 0.3) is 11.2 Å². The van der Waals surface area contributed by atoms with Gasteiger partial charge in [-0.2, -0.15) is 0 Å². The van der Waals surface area contributed by atoms with Gasteiger partial charge in [0.15, 0.2) is 11.2 Å². The molecule has 2 aromatic heterocycles. The molecular formula is C16H26N4O2. The average molecular weight is 306 g/mol. The van der Waals surface area contributed by atoms with E-state index in [1.54, 1.807) is 7.05 Å². The van der Waals surface area contributed by atoms with Crippen LogP contribution in [0.1, 0.15) is 57.7 Å². The van der Waals surface area contributed by atoms with E-state index in [4.69, 9.17) is 0 Å².